The van der Waals surface area contributed by atoms with Crippen LogP contribution in [0.3, 0.4) is 0 Å². The molecule has 128 valence electrons. The predicted molar refractivity (Wildman–Crippen MR) is 96.1 cm³/mol. The Morgan fingerprint density at radius 1 is 1.32 bits per heavy atom. The van der Waals surface area contributed by atoms with Crippen LogP contribution >= 0.6 is 27.5 Å². The van der Waals surface area contributed by atoms with Crippen molar-refractivity contribution in [2.24, 2.45) is 0 Å². The minimum Gasteiger partial charge on any atom is -0.546 e. The van der Waals surface area contributed by atoms with Crippen LogP contribution in [0.4, 0.5) is 0 Å². The SMILES string of the molecule is COc1cc(/C=C(\C#N)c2ccc(Cl)cc2)c(Br)cc1OCC(=O)[O-]. The van der Waals surface area contributed by atoms with Gasteiger partial charge in [-0.25, -0.2) is 0 Å². The number of benzene rings is 2. The predicted octanol–water partition coefficient (Wildman–Crippen LogP) is 3.30. The molecule has 0 saturated heterocycles. The van der Waals surface area contributed by atoms with Gasteiger partial charge in [0.05, 0.1) is 24.7 Å². The molecular weight excluding hydrogens is 410 g/mol. The highest BCUT2D eigenvalue weighted by molar-refractivity contribution is 9.10. The van der Waals surface area contributed by atoms with E-state index in [0.29, 0.717) is 26.4 Å². The Kier molecular flexibility index (Phi) is 6.45. The van der Waals surface area contributed by atoms with Crippen LogP contribution in [0.1, 0.15) is 11.1 Å². The monoisotopic (exact) mass is 420 g/mol. The number of hydrogen-bond donors (Lipinski definition) is 0. The van der Waals surface area contributed by atoms with E-state index in [1.165, 1.54) is 7.11 Å². The van der Waals surface area contributed by atoms with Crippen LogP contribution in [0.25, 0.3) is 11.6 Å². The van der Waals surface area contributed by atoms with E-state index in [9.17, 15) is 15.2 Å². The molecule has 0 heterocycles. The minimum atomic E-state index is -1.34. The zero-order chi connectivity index (χ0) is 18.4. The van der Waals surface area contributed by atoms with E-state index in [1.807, 2.05) is 0 Å². The highest BCUT2D eigenvalue weighted by atomic mass is 79.9. The summed E-state index contributed by atoms with van der Waals surface area (Å²) in [6.07, 6.45) is 1.68. The molecule has 0 bridgehead atoms. The summed E-state index contributed by atoms with van der Waals surface area (Å²) >= 11 is 9.25. The summed E-state index contributed by atoms with van der Waals surface area (Å²) in [5.41, 5.74) is 1.82. The highest BCUT2D eigenvalue weighted by Gasteiger charge is 2.11. The Labute approximate surface area is 158 Å². The smallest absolute Gasteiger partial charge is 0.162 e. The van der Waals surface area contributed by atoms with Gasteiger partial charge in [0.15, 0.2) is 11.5 Å². The van der Waals surface area contributed by atoms with Crippen LogP contribution in [-0.4, -0.2) is 19.7 Å². The van der Waals surface area contributed by atoms with E-state index in [0.717, 1.165) is 5.56 Å². The summed E-state index contributed by atoms with van der Waals surface area (Å²) in [7, 11) is 1.44. The Hall–Kier alpha value is -2.49. The molecule has 25 heavy (non-hydrogen) atoms. The van der Waals surface area contributed by atoms with Gasteiger partial charge in [-0.3, -0.25) is 0 Å². The average molecular weight is 422 g/mol. The molecule has 0 amide bonds. The molecule has 0 N–H and O–H groups in total. The molecule has 5 nitrogen and oxygen atoms in total. The fourth-order valence-electron chi connectivity index (χ4n) is 2.04. The van der Waals surface area contributed by atoms with E-state index in [2.05, 4.69) is 22.0 Å². The number of nitrogens with zero attached hydrogens (tertiary/aromatic N) is 1. The van der Waals surface area contributed by atoms with Crippen LogP contribution in [0.15, 0.2) is 40.9 Å². The molecule has 2 aromatic carbocycles. The topological polar surface area (TPSA) is 82.4 Å². The number of allylic oxidation sites excluding steroid dienone is 1. The maximum absolute atomic E-state index is 10.5. The van der Waals surface area contributed by atoms with Crippen LogP contribution in [0, 0.1) is 11.3 Å². The van der Waals surface area contributed by atoms with Crippen molar-refractivity contribution in [1.29, 1.82) is 5.26 Å². The number of halogens is 2. The van der Waals surface area contributed by atoms with E-state index in [-0.39, 0.29) is 5.75 Å². The second-order valence-electron chi connectivity index (χ2n) is 4.86. The van der Waals surface area contributed by atoms with Gasteiger partial charge in [-0.2, -0.15) is 5.26 Å². The number of carbonyl (C=O) groups is 1. The van der Waals surface area contributed by atoms with Crippen molar-refractivity contribution >= 4 is 45.1 Å². The molecule has 0 aliphatic heterocycles. The average Bonchev–Trinajstić information content (AvgIpc) is 2.60. The Morgan fingerprint density at radius 2 is 2.00 bits per heavy atom. The third kappa shape index (κ3) is 4.99. The first kappa shape index (κ1) is 18.8. The molecule has 0 radical (unpaired) electrons. The lowest BCUT2D eigenvalue weighted by atomic mass is 10.0. The number of carboxylic acid groups (broad SMARTS) is 1. The first-order chi connectivity index (χ1) is 11.9. The van der Waals surface area contributed by atoms with Crippen molar-refractivity contribution in [1.82, 2.24) is 0 Å². The summed E-state index contributed by atoms with van der Waals surface area (Å²) in [5.74, 6) is -0.749. The Morgan fingerprint density at radius 3 is 2.56 bits per heavy atom. The largest absolute Gasteiger partial charge is 0.546 e. The number of aliphatic carboxylic acids is 1. The Balaban J connectivity index is 2.42. The van der Waals surface area contributed by atoms with E-state index in [4.69, 9.17) is 21.1 Å². The molecule has 0 unspecified atom stereocenters. The second-order valence-corrected chi connectivity index (χ2v) is 6.15. The molecule has 0 fully saturated rings. The standard InChI is InChI=1S/C18H13BrClNO4/c1-24-16-7-12(15(19)8-17(16)25-10-18(22)23)6-13(9-21)11-2-4-14(20)5-3-11/h2-8H,10H2,1H3,(H,22,23)/p-1/b13-6+. The van der Waals surface area contributed by atoms with Gasteiger partial charge >= 0.3 is 0 Å². The lowest BCUT2D eigenvalue weighted by Crippen LogP contribution is -2.29. The molecule has 0 aliphatic carbocycles. The normalized spacial score (nSPS) is 10.9. The third-order valence-electron chi connectivity index (χ3n) is 3.20. The number of carboxylic acids is 1. The van der Waals surface area contributed by atoms with Crippen molar-refractivity contribution in [3.8, 4) is 17.6 Å². The second kappa shape index (κ2) is 8.56. The number of rotatable bonds is 6. The number of carbonyl (C=O) groups excluding carboxylic acids is 1. The van der Waals surface area contributed by atoms with Crippen molar-refractivity contribution in [2.45, 2.75) is 0 Å². The molecule has 0 aromatic heterocycles. The van der Waals surface area contributed by atoms with E-state index < -0.39 is 12.6 Å². The summed E-state index contributed by atoms with van der Waals surface area (Å²) in [6, 6.07) is 12.3. The van der Waals surface area contributed by atoms with Crippen LogP contribution in [0.2, 0.25) is 5.02 Å². The number of hydrogen-bond acceptors (Lipinski definition) is 5. The van der Waals surface area contributed by atoms with E-state index >= 15 is 0 Å². The first-order valence-electron chi connectivity index (χ1n) is 7.02. The van der Waals surface area contributed by atoms with Gasteiger partial charge in [0.1, 0.15) is 6.61 Å². The zero-order valence-corrected chi connectivity index (χ0v) is 15.4. The molecule has 0 saturated carbocycles. The Bertz CT molecular complexity index is 857. The lowest BCUT2D eigenvalue weighted by molar-refractivity contribution is -0.307. The quantitative estimate of drug-likeness (QED) is 0.528. The molecule has 0 aliphatic rings. The van der Waals surface area contributed by atoms with Gasteiger partial charge < -0.3 is 19.4 Å². The molecule has 2 rings (SSSR count). The molecule has 0 spiro atoms. The van der Waals surface area contributed by atoms with Gasteiger partial charge in [-0.05, 0) is 41.5 Å². The fraction of sp³-hybridized carbons (Fsp3) is 0.111. The number of nitriles is 1. The first-order valence-corrected chi connectivity index (χ1v) is 8.19. The molecular formula is C18H12BrClNO4-. The van der Waals surface area contributed by atoms with Crippen molar-refractivity contribution in [2.75, 3.05) is 13.7 Å². The third-order valence-corrected chi connectivity index (χ3v) is 4.14. The number of ether oxygens (including phenoxy) is 2. The fourth-order valence-corrected chi connectivity index (χ4v) is 2.60. The van der Waals surface area contributed by atoms with Crippen LogP contribution < -0.4 is 14.6 Å². The minimum absolute atomic E-state index is 0.251. The van der Waals surface area contributed by atoms with Crippen LogP contribution in [0.5, 0.6) is 11.5 Å². The maximum Gasteiger partial charge on any atom is 0.162 e. The van der Waals surface area contributed by atoms with Crippen molar-refractivity contribution in [3.05, 3.63) is 57.0 Å². The lowest BCUT2D eigenvalue weighted by Gasteiger charge is -2.13. The molecule has 2 aromatic rings. The summed E-state index contributed by atoms with van der Waals surface area (Å²) in [6.45, 7) is -0.591. The zero-order valence-electron chi connectivity index (χ0n) is 13.1. The summed E-state index contributed by atoms with van der Waals surface area (Å²) < 4.78 is 11.0. The molecule has 7 heteroatoms. The van der Waals surface area contributed by atoms with E-state index in [1.54, 1.807) is 42.5 Å². The van der Waals surface area contributed by atoms with Crippen molar-refractivity contribution < 1.29 is 19.4 Å². The van der Waals surface area contributed by atoms with Gasteiger partial charge in [-0.1, -0.05) is 39.7 Å². The van der Waals surface area contributed by atoms with Crippen molar-refractivity contribution in [3.63, 3.8) is 0 Å². The van der Waals surface area contributed by atoms with Gasteiger partial charge in [0.2, 0.25) is 0 Å². The summed E-state index contributed by atoms with van der Waals surface area (Å²) in [4.78, 5) is 10.5. The van der Waals surface area contributed by atoms with Crippen LogP contribution in [-0.2, 0) is 4.79 Å². The highest BCUT2D eigenvalue weighted by Crippen LogP contribution is 2.35. The van der Waals surface area contributed by atoms with Gasteiger partial charge in [0, 0.05) is 9.50 Å². The molecule has 0 atom stereocenters. The van der Waals surface area contributed by atoms with Gasteiger partial charge in [0.25, 0.3) is 0 Å². The summed E-state index contributed by atoms with van der Waals surface area (Å²) in [5, 5.41) is 20.6. The maximum atomic E-state index is 10.5. The van der Waals surface area contributed by atoms with Gasteiger partial charge in [-0.15, -0.1) is 0 Å². The number of methoxy groups -OCH3 is 1.